The molecule has 1 unspecified atom stereocenters. The number of aromatic nitrogens is 1. The number of guanidine groups is 1. The van der Waals surface area contributed by atoms with Gasteiger partial charge in [-0.15, -0.1) is 0 Å². The van der Waals surface area contributed by atoms with Gasteiger partial charge >= 0.3 is 0 Å². The van der Waals surface area contributed by atoms with Crippen LogP contribution in [0.15, 0.2) is 39.8 Å². The van der Waals surface area contributed by atoms with E-state index in [4.69, 9.17) is 9.26 Å². The largest absolute Gasteiger partial charge is 0.491 e. The van der Waals surface area contributed by atoms with Gasteiger partial charge in [0.15, 0.2) is 5.96 Å². The van der Waals surface area contributed by atoms with Crippen LogP contribution in [0.2, 0.25) is 0 Å². The van der Waals surface area contributed by atoms with Crippen LogP contribution >= 0.6 is 0 Å². The van der Waals surface area contributed by atoms with E-state index in [9.17, 15) is 5.11 Å². The topological polar surface area (TPSA) is 86.4 Å². The summed E-state index contributed by atoms with van der Waals surface area (Å²) in [6.45, 7) is 11.7. The average molecular weight is 416 g/mol. The summed E-state index contributed by atoms with van der Waals surface area (Å²) >= 11 is 0. The van der Waals surface area contributed by atoms with E-state index in [2.05, 4.69) is 32.2 Å². The second-order valence-corrected chi connectivity index (χ2v) is 7.67. The average Bonchev–Trinajstić information content (AvgIpc) is 3.15. The lowest BCUT2D eigenvalue weighted by Crippen LogP contribution is -2.52. The predicted octanol–water partition coefficient (Wildman–Crippen LogP) is 1.81. The summed E-state index contributed by atoms with van der Waals surface area (Å²) in [5.74, 6) is 2.45. The summed E-state index contributed by atoms with van der Waals surface area (Å²) in [4.78, 5) is 9.24. The Kier molecular flexibility index (Phi) is 8.10. The number of hydrogen-bond donors (Lipinski definition) is 2. The van der Waals surface area contributed by atoms with Crippen LogP contribution in [0.25, 0.3) is 0 Å². The predicted molar refractivity (Wildman–Crippen MR) is 117 cm³/mol. The number of aliphatic imine (C=N–C) groups is 1. The van der Waals surface area contributed by atoms with Gasteiger partial charge in [-0.3, -0.25) is 9.89 Å². The molecule has 8 nitrogen and oxygen atoms in total. The first-order valence-electron chi connectivity index (χ1n) is 10.6. The zero-order valence-electron chi connectivity index (χ0n) is 18.2. The van der Waals surface area contributed by atoms with Crippen molar-refractivity contribution in [2.24, 2.45) is 4.99 Å². The molecule has 1 aliphatic heterocycles. The van der Waals surface area contributed by atoms with Crippen molar-refractivity contribution in [1.29, 1.82) is 0 Å². The Morgan fingerprint density at radius 3 is 2.73 bits per heavy atom. The summed E-state index contributed by atoms with van der Waals surface area (Å²) in [5, 5.41) is 17.7. The SMILES string of the molecule is CCNC(=NCC(O)COc1cccc(C)c1)N1CCN(Cc2cc(C)on2)CC1. The fraction of sp³-hybridized carbons (Fsp3) is 0.545. The first kappa shape index (κ1) is 22.1. The third-order valence-corrected chi connectivity index (χ3v) is 4.95. The third-order valence-electron chi connectivity index (χ3n) is 4.95. The number of aryl methyl sites for hydroxylation is 2. The van der Waals surface area contributed by atoms with Crippen LogP contribution in [0.3, 0.4) is 0 Å². The molecule has 1 atom stereocenters. The van der Waals surface area contributed by atoms with Crippen LogP contribution in [0.1, 0.15) is 23.9 Å². The van der Waals surface area contributed by atoms with Gasteiger partial charge in [0.2, 0.25) is 0 Å². The standard InChI is InChI=1S/C22H33N5O3/c1-4-23-22(24-14-20(28)16-29-21-7-5-6-17(2)12-21)27-10-8-26(9-11-27)15-19-13-18(3)30-25-19/h5-7,12-13,20,28H,4,8-11,14-16H2,1-3H3,(H,23,24). The Morgan fingerprint density at radius 2 is 2.07 bits per heavy atom. The molecule has 0 spiro atoms. The highest BCUT2D eigenvalue weighted by atomic mass is 16.5. The van der Waals surface area contributed by atoms with Crippen molar-refractivity contribution in [3.05, 3.63) is 47.3 Å². The minimum Gasteiger partial charge on any atom is -0.491 e. The van der Waals surface area contributed by atoms with Crippen LogP contribution in [0.4, 0.5) is 0 Å². The zero-order chi connectivity index (χ0) is 21.3. The Labute approximate surface area is 178 Å². The van der Waals surface area contributed by atoms with E-state index in [1.165, 1.54) is 0 Å². The number of ether oxygens (including phenoxy) is 1. The molecule has 1 aromatic carbocycles. The van der Waals surface area contributed by atoms with Crippen LogP contribution in [0.5, 0.6) is 5.75 Å². The van der Waals surface area contributed by atoms with Crippen molar-refractivity contribution >= 4 is 5.96 Å². The molecule has 0 saturated carbocycles. The van der Waals surface area contributed by atoms with E-state index in [1.807, 2.05) is 44.2 Å². The van der Waals surface area contributed by atoms with E-state index < -0.39 is 6.10 Å². The fourth-order valence-electron chi connectivity index (χ4n) is 3.41. The van der Waals surface area contributed by atoms with Gasteiger partial charge in [-0.05, 0) is 38.5 Å². The van der Waals surface area contributed by atoms with E-state index in [0.717, 1.165) is 68.0 Å². The molecular formula is C22H33N5O3. The van der Waals surface area contributed by atoms with Crippen LogP contribution < -0.4 is 10.1 Å². The van der Waals surface area contributed by atoms with Crippen LogP contribution in [-0.4, -0.2) is 78.0 Å². The molecule has 0 radical (unpaired) electrons. The summed E-state index contributed by atoms with van der Waals surface area (Å²) in [6.07, 6.45) is -0.657. The highest BCUT2D eigenvalue weighted by Gasteiger charge is 2.20. The molecule has 2 N–H and O–H groups in total. The van der Waals surface area contributed by atoms with Crippen molar-refractivity contribution in [3.63, 3.8) is 0 Å². The Hall–Kier alpha value is -2.58. The maximum atomic E-state index is 10.3. The molecule has 1 aliphatic rings. The molecule has 3 rings (SSSR count). The molecule has 2 aromatic rings. The number of nitrogens with one attached hydrogen (secondary N) is 1. The highest BCUT2D eigenvalue weighted by Crippen LogP contribution is 2.13. The lowest BCUT2D eigenvalue weighted by atomic mass is 10.2. The number of rotatable bonds is 8. The van der Waals surface area contributed by atoms with Gasteiger partial charge in [-0.2, -0.15) is 0 Å². The number of aliphatic hydroxyl groups is 1. The molecule has 0 bridgehead atoms. The molecule has 0 aliphatic carbocycles. The minimum atomic E-state index is -0.657. The molecule has 1 saturated heterocycles. The minimum absolute atomic E-state index is 0.219. The summed E-state index contributed by atoms with van der Waals surface area (Å²) in [7, 11) is 0. The Morgan fingerprint density at radius 1 is 1.27 bits per heavy atom. The lowest BCUT2D eigenvalue weighted by Gasteiger charge is -2.36. The summed E-state index contributed by atoms with van der Waals surface area (Å²) in [6, 6.07) is 9.80. The van der Waals surface area contributed by atoms with Gasteiger partial charge in [0.1, 0.15) is 24.2 Å². The highest BCUT2D eigenvalue weighted by molar-refractivity contribution is 5.80. The lowest BCUT2D eigenvalue weighted by molar-refractivity contribution is 0.113. The molecule has 30 heavy (non-hydrogen) atoms. The van der Waals surface area contributed by atoms with Gasteiger partial charge in [0, 0.05) is 45.3 Å². The van der Waals surface area contributed by atoms with Gasteiger partial charge < -0.3 is 24.6 Å². The molecule has 164 valence electrons. The number of benzene rings is 1. The van der Waals surface area contributed by atoms with Crippen molar-refractivity contribution in [1.82, 2.24) is 20.3 Å². The first-order chi connectivity index (χ1) is 14.5. The van der Waals surface area contributed by atoms with E-state index in [0.29, 0.717) is 6.54 Å². The maximum Gasteiger partial charge on any atom is 0.194 e. The van der Waals surface area contributed by atoms with E-state index in [1.54, 1.807) is 0 Å². The van der Waals surface area contributed by atoms with Gasteiger partial charge in [0.25, 0.3) is 0 Å². The first-order valence-corrected chi connectivity index (χ1v) is 10.6. The molecule has 2 heterocycles. The summed E-state index contributed by atoms with van der Waals surface area (Å²) < 4.78 is 10.8. The summed E-state index contributed by atoms with van der Waals surface area (Å²) in [5.41, 5.74) is 2.10. The third kappa shape index (κ3) is 6.74. The van der Waals surface area contributed by atoms with Crippen molar-refractivity contribution in [3.8, 4) is 5.75 Å². The smallest absolute Gasteiger partial charge is 0.194 e. The number of aliphatic hydroxyl groups excluding tert-OH is 1. The zero-order valence-corrected chi connectivity index (χ0v) is 18.2. The van der Waals surface area contributed by atoms with Crippen molar-refractivity contribution in [2.45, 2.75) is 33.4 Å². The van der Waals surface area contributed by atoms with E-state index >= 15 is 0 Å². The van der Waals surface area contributed by atoms with Gasteiger partial charge in [-0.1, -0.05) is 17.3 Å². The number of piperazine rings is 1. The second-order valence-electron chi connectivity index (χ2n) is 7.67. The number of nitrogens with zero attached hydrogens (tertiary/aromatic N) is 4. The fourth-order valence-corrected chi connectivity index (χ4v) is 3.41. The normalized spacial score (nSPS) is 16.5. The molecule has 8 heteroatoms. The maximum absolute atomic E-state index is 10.3. The molecular weight excluding hydrogens is 382 g/mol. The Balaban J connectivity index is 1.46. The van der Waals surface area contributed by atoms with Crippen molar-refractivity contribution < 1.29 is 14.4 Å². The van der Waals surface area contributed by atoms with Crippen LogP contribution in [0, 0.1) is 13.8 Å². The van der Waals surface area contributed by atoms with Crippen molar-refractivity contribution in [2.75, 3.05) is 45.9 Å². The molecule has 1 fully saturated rings. The quantitative estimate of drug-likeness (QED) is 0.502. The second kappa shape index (κ2) is 11.0. The number of hydrogen-bond acceptors (Lipinski definition) is 6. The van der Waals surface area contributed by atoms with Gasteiger partial charge in [-0.25, -0.2) is 0 Å². The molecule has 1 aromatic heterocycles. The van der Waals surface area contributed by atoms with Crippen LogP contribution in [-0.2, 0) is 6.54 Å². The monoisotopic (exact) mass is 415 g/mol. The van der Waals surface area contributed by atoms with E-state index in [-0.39, 0.29) is 6.61 Å². The van der Waals surface area contributed by atoms with Gasteiger partial charge in [0.05, 0.1) is 12.2 Å². The Bertz CT molecular complexity index is 815. The molecule has 0 amide bonds.